The molecule has 0 saturated carbocycles. The maximum Gasteiger partial charge on any atom is 0.340 e. The number of aromatic amines is 2. The minimum atomic E-state index is -0.452. The molecule has 0 atom stereocenters. The predicted molar refractivity (Wildman–Crippen MR) is 116 cm³/mol. The van der Waals surface area contributed by atoms with E-state index < -0.39 is 5.97 Å². The van der Waals surface area contributed by atoms with Gasteiger partial charge in [-0.3, -0.25) is 4.79 Å². The summed E-state index contributed by atoms with van der Waals surface area (Å²) in [6.07, 6.45) is 3.81. The molecule has 9 heteroatoms. The average Bonchev–Trinajstić information content (AvgIpc) is 3.44. The highest BCUT2D eigenvalue weighted by Crippen LogP contribution is 2.23. The van der Waals surface area contributed by atoms with Gasteiger partial charge in [-0.15, -0.1) is 0 Å². The zero-order valence-electron chi connectivity index (χ0n) is 17.9. The first-order chi connectivity index (χ1) is 15.1. The number of imidazole rings is 1. The zero-order valence-corrected chi connectivity index (χ0v) is 17.9. The molecule has 2 heterocycles. The summed E-state index contributed by atoms with van der Waals surface area (Å²) in [7, 11) is 1.61. The number of carbonyl (C=O) groups excluding carboxylic acids is 2. The van der Waals surface area contributed by atoms with E-state index in [0.29, 0.717) is 41.3 Å². The molecule has 0 spiro atoms. The van der Waals surface area contributed by atoms with Crippen molar-refractivity contribution >= 4 is 17.6 Å². The van der Waals surface area contributed by atoms with E-state index in [2.05, 4.69) is 25.6 Å². The van der Waals surface area contributed by atoms with Crippen molar-refractivity contribution in [1.82, 2.24) is 20.3 Å². The summed E-state index contributed by atoms with van der Waals surface area (Å²) in [5, 5.41) is 6.09. The second-order valence-corrected chi connectivity index (χ2v) is 6.71. The Kier molecular flexibility index (Phi) is 7.31. The first kappa shape index (κ1) is 21.9. The third-order valence-electron chi connectivity index (χ3n) is 4.77. The Bertz CT molecular complexity index is 1010. The Morgan fingerprint density at radius 2 is 1.90 bits per heavy atom. The molecule has 0 radical (unpaired) electrons. The second-order valence-electron chi connectivity index (χ2n) is 6.71. The van der Waals surface area contributed by atoms with Crippen LogP contribution in [0.4, 0.5) is 5.69 Å². The number of benzene rings is 1. The summed E-state index contributed by atoms with van der Waals surface area (Å²) < 4.78 is 10.4. The van der Waals surface area contributed by atoms with Gasteiger partial charge in [-0.1, -0.05) is 6.92 Å². The Labute approximate surface area is 180 Å². The highest BCUT2D eigenvalue weighted by atomic mass is 16.5. The Balaban J connectivity index is 1.84. The molecule has 164 valence electrons. The second kappa shape index (κ2) is 10.3. The van der Waals surface area contributed by atoms with Crippen molar-refractivity contribution in [1.29, 1.82) is 0 Å². The predicted octanol–water partition coefficient (Wildman–Crippen LogP) is 3.03. The van der Waals surface area contributed by atoms with E-state index in [0.717, 1.165) is 11.4 Å². The number of hydrogen-bond acceptors (Lipinski definition) is 6. The van der Waals surface area contributed by atoms with E-state index in [1.54, 1.807) is 26.4 Å². The third kappa shape index (κ3) is 5.25. The number of esters is 1. The third-order valence-corrected chi connectivity index (χ3v) is 4.77. The summed E-state index contributed by atoms with van der Waals surface area (Å²) in [6.45, 7) is 4.47. The Hall–Kier alpha value is -3.75. The molecule has 1 amide bonds. The molecule has 2 aromatic heterocycles. The summed E-state index contributed by atoms with van der Waals surface area (Å²) in [4.78, 5) is 35.7. The fraction of sp³-hybridized carbons (Fsp3) is 0.318. The largest absolute Gasteiger partial charge is 0.497 e. The van der Waals surface area contributed by atoms with Crippen LogP contribution in [-0.2, 0) is 24.2 Å². The standard InChI is InChI=1S/C22H27N5O4/c1-4-16-19(22(29)31-5-2)17(12-25-14-6-8-15(30-3)9-7-14)27-20(16)21(28)26-13-18-23-10-11-24-18/h6-11,25,27H,4-5,12-13H2,1-3H3,(H,23,24)(H,26,28). The van der Waals surface area contributed by atoms with E-state index >= 15 is 0 Å². The molecule has 3 aromatic rings. The Morgan fingerprint density at radius 3 is 2.52 bits per heavy atom. The smallest absolute Gasteiger partial charge is 0.340 e. The molecule has 9 nitrogen and oxygen atoms in total. The van der Waals surface area contributed by atoms with Gasteiger partial charge in [0.2, 0.25) is 0 Å². The van der Waals surface area contributed by atoms with Gasteiger partial charge < -0.3 is 30.1 Å². The number of rotatable bonds is 10. The number of nitrogens with zero attached hydrogens (tertiary/aromatic N) is 1. The van der Waals surface area contributed by atoms with Crippen molar-refractivity contribution in [3.63, 3.8) is 0 Å². The van der Waals surface area contributed by atoms with Gasteiger partial charge in [0.05, 0.1) is 32.4 Å². The molecule has 3 rings (SSSR count). The zero-order chi connectivity index (χ0) is 22.2. The lowest BCUT2D eigenvalue weighted by Gasteiger charge is -2.09. The van der Waals surface area contributed by atoms with Gasteiger partial charge in [0, 0.05) is 23.8 Å². The van der Waals surface area contributed by atoms with Crippen molar-refractivity contribution in [2.24, 2.45) is 0 Å². The van der Waals surface area contributed by atoms with Crippen LogP contribution >= 0.6 is 0 Å². The summed E-state index contributed by atoms with van der Waals surface area (Å²) in [6, 6.07) is 7.44. The van der Waals surface area contributed by atoms with Crippen LogP contribution in [0.5, 0.6) is 5.75 Å². The highest BCUT2D eigenvalue weighted by Gasteiger charge is 2.26. The lowest BCUT2D eigenvalue weighted by Crippen LogP contribution is -2.25. The number of nitrogens with one attached hydrogen (secondary N) is 4. The number of hydrogen-bond donors (Lipinski definition) is 4. The fourth-order valence-corrected chi connectivity index (χ4v) is 3.27. The molecule has 0 aliphatic rings. The topological polar surface area (TPSA) is 121 Å². The lowest BCUT2D eigenvalue weighted by atomic mass is 10.1. The molecular weight excluding hydrogens is 398 g/mol. The van der Waals surface area contributed by atoms with Crippen molar-refractivity contribution in [3.05, 3.63) is 65.0 Å². The van der Waals surface area contributed by atoms with Gasteiger partial charge in [0.1, 0.15) is 17.3 Å². The van der Waals surface area contributed by atoms with Crippen LogP contribution in [-0.4, -0.2) is 40.5 Å². The molecule has 31 heavy (non-hydrogen) atoms. The van der Waals surface area contributed by atoms with Crippen LogP contribution in [0.3, 0.4) is 0 Å². The van der Waals surface area contributed by atoms with Crippen LogP contribution in [0, 0.1) is 0 Å². The van der Waals surface area contributed by atoms with E-state index in [1.165, 1.54) is 0 Å². The van der Waals surface area contributed by atoms with Gasteiger partial charge in [0.25, 0.3) is 5.91 Å². The SMILES string of the molecule is CCOC(=O)c1c(CNc2ccc(OC)cc2)[nH]c(C(=O)NCc2ncc[nH]2)c1CC. The number of methoxy groups -OCH3 is 1. The molecule has 0 aliphatic carbocycles. The normalized spacial score (nSPS) is 10.5. The quantitative estimate of drug-likeness (QED) is 0.371. The van der Waals surface area contributed by atoms with Crippen molar-refractivity contribution in [2.45, 2.75) is 33.4 Å². The molecule has 0 fully saturated rings. The number of aromatic nitrogens is 3. The number of H-pyrrole nitrogens is 2. The van der Waals surface area contributed by atoms with Crippen LogP contribution in [0.15, 0.2) is 36.7 Å². The summed E-state index contributed by atoms with van der Waals surface area (Å²) >= 11 is 0. The van der Waals surface area contributed by atoms with Gasteiger partial charge in [0.15, 0.2) is 0 Å². The van der Waals surface area contributed by atoms with Gasteiger partial charge in [-0.2, -0.15) is 0 Å². The van der Waals surface area contributed by atoms with Gasteiger partial charge in [-0.25, -0.2) is 9.78 Å². The van der Waals surface area contributed by atoms with Gasteiger partial charge >= 0.3 is 5.97 Å². The molecule has 0 bridgehead atoms. The van der Waals surface area contributed by atoms with E-state index in [1.807, 2.05) is 31.2 Å². The molecule has 1 aromatic carbocycles. The number of anilines is 1. The van der Waals surface area contributed by atoms with Crippen LogP contribution in [0.1, 0.15) is 51.8 Å². The van der Waals surface area contributed by atoms with E-state index in [9.17, 15) is 9.59 Å². The Morgan fingerprint density at radius 1 is 1.13 bits per heavy atom. The molecule has 4 N–H and O–H groups in total. The van der Waals surface area contributed by atoms with Crippen LogP contribution < -0.4 is 15.4 Å². The molecule has 0 unspecified atom stereocenters. The van der Waals surface area contributed by atoms with E-state index in [-0.39, 0.29) is 19.1 Å². The van der Waals surface area contributed by atoms with Crippen LogP contribution in [0.2, 0.25) is 0 Å². The number of amides is 1. The monoisotopic (exact) mass is 425 g/mol. The lowest BCUT2D eigenvalue weighted by molar-refractivity contribution is 0.0524. The van der Waals surface area contributed by atoms with Crippen molar-refractivity contribution in [2.75, 3.05) is 19.0 Å². The minimum absolute atomic E-state index is 0.249. The van der Waals surface area contributed by atoms with Crippen molar-refractivity contribution < 1.29 is 19.1 Å². The average molecular weight is 425 g/mol. The van der Waals surface area contributed by atoms with Crippen LogP contribution in [0.25, 0.3) is 0 Å². The minimum Gasteiger partial charge on any atom is -0.497 e. The highest BCUT2D eigenvalue weighted by molar-refractivity contribution is 6.00. The first-order valence-corrected chi connectivity index (χ1v) is 10.1. The maximum atomic E-state index is 12.8. The molecular formula is C22H27N5O4. The maximum absolute atomic E-state index is 12.8. The van der Waals surface area contributed by atoms with Gasteiger partial charge in [-0.05, 0) is 43.2 Å². The number of carbonyl (C=O) groups is 2. The summed E-state index contributed by atoms with van der Waals surface area (Å²) in [5.74, 6) is 0.632. The molecule has 0 saturated heterocycles. The van der Waals surface area contributed by atoms with E-state index in [4.69, 9.17) is 9.47 Å². The van der Waals surface area contributed by atoms with Crippen molar-refractivity contribution in [3.8, 4) is 5.75 Å². The molecule has 0 aliphatic heterocycles. The fourth-order valence-electron chi connectivity index (χ4n) is 3.27. The first-order valence-electron chi connectivity index (χ1n) is 10.1. The summed E-state index contributed by atoms with van der Waals surface area (Å²) in [5.41, 5.74) is 2.82. The number of ether oxygens (including phenoxy) is 2.